The summed E-state index contributed by atoms with van der Waals surface area (Å²) in [5.74, 6) is 2.99. The molecular weight excluding hydrogens is 256 g/mol. The molecule has 2 atom stereocenters. The Morgan fingerprint density at radius 2 is 2.50 bits per heavy atom. The van der Waals surface area contributed by atoms with Crippen LogP contribution in [0.4, 0.5) is 0 Å². The van der Waals surface area contributed by atoms with Crippen molar-refractivity contribution in [3.63, 3.8) is 0 Å². The molecule has 1 aromatic rings. The molecule has 1 aromatic heterocycles. The number of aromatic nitrogens is 2. The Kier molecular flexibility index (Phi) is 4.25. The van der Waals surface area contributed by atoms with Crippen LogP contribution >= 0.6 is 11.8 Å². The van der Waals surface area contributed by atoms with Gasteiger partial charge in [0.15, 0.2) is 0 Å². The molecular formula is C11H12N2O4S. The minimum Gasteiger partial charge on any atom is -0.365 e. The summed E-state index contributed by atoms with van der Waals surface area (Å²) < 4.78 is 12.2. The molecule has 1 saturated heterocycles. The first kappa shape index (κ1) is 13.0. The molecule has 0 bridgehead atoms. The van der Waals surface area contributed by atoms with E-state index in [4.69, 9.17) is 15.9 Å². The van der Waals surface area contributed by atoms with Crippen LogP contribution in [-0.2, 0) is 9.47 Å². The molecule has 2 rings (SSSR count). The van der Waals surface area contributed by atoms with Crippen molar-refractivity contribution in [2.75, 3.05) is 19.0 Å². The molecule has 0 radical (unpaired) electrons. The maximum atomic E-state index is 11.6. The number of nitrogens with one attached hydrogen (secondary N) is 1. The normalized spacial score (nSPS) is 22.8. The number of hydrogen-bond acceptors (Lipinski definition) is 5. The molecule has 1 aliphatic rings. The minimum absolute atomic E-state index is 0.151. The molecule has 0 saturated carbocycles. The number of hydrogen-bond donors (Lipinski definition) is 1. The third-order valence-corrected chi connectivity index (χ3v) is 3.43. The van der Waals surface area contributed by atoms with E-state index in [1.54, 1.807) is 11.8 Å². The summed E-state index contributed by atoms with van der Waals surface area (Å²) >= 11 is 1.54. The second-order valence-corrected chi connectivity index (χ2v) is 4.78. The van der Waals surface area contributed by atoms with Crippen LogP contribution < -0.4 is 11.2 Å². The topological polar surface area (TPSA) is 73.3 Å². The Bertz CT molecular complexity index is 559. The molecule has 1 N–H and O–H groups in total. The SMILES string of the molecule is C#CCOC[C@H]1O[C@@H](n2ccc(=O)[nH]c2=O)CS1. The van der Waals surface area contributed by atoms with Crippen molar-refractivity contribution in [1.82, 2.24) is 9.55 Å². The van der Waals surface area contributed by atoms with E-state index < -0.39 is 17.5 Å². The molecule has 1 aliphatic heterocycles. The number of ether oxygens (including phenoxy) is 2. The van der Waals surface area contributed by atoms with E-state index in [2.05, 4.69) is 10.9 Å². The second kappa shape index (κ2) is 5.91. The summed E-state index contributed by atoms with van der Waals surface area (Å²) in [6, 6.07) is 1.29. The molecule has 0 aliphatic carbocycles. The van der Waals surface area contributed by atoms with Gasteiger partial charge in [-0.05, 0) is 0 Å². The number of thioether (sulfide) groups is 1. The predicted molar refractivity (Wildman–Crippen MR) is 67.3 cm³/mol. The highest BCUT2D eigenvalue weighted by Crippen LogP contribution is 2.30. The van der Waals surface area contributed by atoms with Crippen LogP contribution in [0.3, 0.4) is 0 Å². The van der Waals surface area contributed by atoms with E-state index >= 15 is 0 Å². The van der Waals surface area contributed by atoms with Gasteiger partial charge in [0.1, 0.15) is 18.3 Å². The molecule has 7 heteroatoms. The van der Waals surface area contributed by atoms with E-state index in [9.17, 15) is 9.59 Å². The zero-order valence-corrected chi connectivity index (χ0v) is 10.3. The Morgan fingerprint density at radius 3 is 3.22 bits per heavy atom. The first-order chi connectivity index (χ1) is 8.70. The molecule has 6 nitrogen and oxygen atoms in total. The van der Waals surface area contributed by atoms with Gasteiger partial charge in [0.05, 0.1) is 6.61 Å². The van der Waals surface area contributed by atoms with Crippen molar-refractivity contribution in [2.24, 2.45) is 0 Å². The number of nitrogens with zero attached hydrogens (tertiary/aromatic N) is 1. The Labute approximate surface area is 107 Å². The number of rotatable bonds is 4. The van der Waals surface area contributed by atoms with Gasteiger partial charge in [-0.2, -0.15) is 0 Å². The molecule has 2 heterocycles. The van der Waals surface area contributed by atoms with Gasteiger partial charge in [-0.1, -0.05) is 5.92 Å². The van der Waals surface area contributed by atoms with Crippen molar-refractivity contribution in [2.45, 2.75) is 11.7 Å². The Hall–Kier alpha value is -1.49. The first-order valence-corrected chi connectivity index (χ1v) is 6.35. The smallest absolute Gasteiger partial charge is 0.330 e. The largest absolute Gasteiger partial charge is 0.365 e. The molecule has 0 unspecified atom stereocenters. The lowest BCUT2D eigenvalue weighted by molar-refractivity contribution is -0.0197. The molecule has 1 fully saturated rings. The maximum absolute atomic E-state index is 11.6. The van der Waals surface area contributed by atoms with Crippen LogP contribution in [0.5, 0.6) is 0 Å². The molecule has 18 heavy (non-hydrogen) atoms. The fraction of sp³-hybridized carbons (Fsp3) is 0.455. The van der Waals surface area contributed by atoms with Gasteiger partial charge in [0.25, 0.3) is 5.56 Å². The fourth-order valence-electron chi connectivity index (χ4n) is 1.54. The van der Waals surface area contributed by atoms with Crippen LogP contribution in [-0.4, -0.2) is 34.0 Å². The average molecular weight is 268 g/mol. The zero-order valence-electron chi connectivity index (χ0n) is 9.50. The summed E-state index contributed by atoms with van der Waals surface area (Å²) in [4.78, 5) is 24.7. The third kappa shape index (κ3) is 3.04. The van der Waals surface area contributed by atoms with Crippen molar-refractivity contribution in [3.05, 3.63) is 33.1 Å². The van der Waals surface area contributed by atoms with Gasteiger partial charge in [-0.25, -0.2) is 4.79 Å². The average Bonchev–Trinajstić information content (AvgIpc) is 2.78. The lowest BCUT2D eigenvalue weighted by Crippen LogP contribution is -2.32. The van der Waals surface area contributed by atoms with Gasteiger partial charge < -0.3 is 9.47 Å². The van der Waals surface area contributed by atoms with Crippen LogP contribution in [0.25, 0.3) is 0 Å². The summed E-state index contributed by atoms with van der Waals surface area (Å²) in [6.45, 7) is 0.618. The van der Waals surface area contributed by atoms with Gasteiger partial charge >= 0.3 is 5.69 Å². The zero-order chi connectivity index (χ0) is 13.0. The molecule has 0 spiro atoms. The number of terminal acetylenes is 1. The third-order valence-electron chi connectivity index (χ3n) is 2.33. The highest BCUT2D eigenvalue weighted by molar-refractivity contribution is 8.00. The lowest BCUT2D eigenvalue weighted by atomic mass is 10.5. The number of H-pyrrole nitrogens is 1. The molecule has 0 amide bonds. The second-order valence-electron chi connectivity index (χ2n) is 3.59. The van der Waals surface area contributed by atoms with E-state index in [0.29, 0.717) is 12.4 Å². The van der Waals surface area contributed by atoms with Crippen LogP contribution in [0, 0.1) is 12.3 Å². The summed E-state index contributed by atoms with van der Waals surface area (Å²) in [5, 5.41) is 0. The summed E-state index contributed by atoms with van der Waals surface area (Å²) in [5.41, 5.74) is -1.05. The number of aromatic amines is 1. The maximum Gasteiger partial charge on any atom is 0.330 e. The van der Waals surface area contributed by atoms with E-state index in [0.717, 1.165) is 0 Å². The van der Waals surface area contributed by atoms with E-state index in [1.807, 2.05) is 0 Å². The van der Waals surface area contributed by atoms with E-state index in [-0.39, 0.29) is 12.0 Å². The van der Waals surface area contributed by atoms with Crippen LogP contribution in [0.15, 0.2) is 21.9 Å². The lowest BCUT2D eigenvalue weighted by Gasteiger charge is -2.13. The summed E-state index contributed by atoms with van der Waals surface area (Å²) in [6.07, 6.45) is 6.10. The van der Waals surface area contributed by atoms with Gasteiger partial charge in [0.2, 0.25) is 0 Å². The van der Waals surface area contributed by atoms with Crippen molar-refractivity contribution in [1.29, 1.82) is 0 Å². The summed E-state index contributed by atoms with van der Waals surface area (Å²) in [7, 11) is 0. The van der Waals surface area contributed by atoms with Crippen LogP contribution in [0.2, 0.25) is 0 Å². The van der Waals surface area contributed by atoms with Crippen molar-refractivity contribution < 1.29 is 9.47 Å². The molecule has 96 valence electrons. The Morgan fingerprint density at radius 1 is 1.67 bits per heavy atom. The van der Waals surface area contributed by atoms with Crippen molar-refractivity contribution >= 4 is 11.8 Å². The Balaban J connectivity index is 1.98. The standard InChI is InChI=1S/C11H12N2O4S/c1-2-5-16-6-10-17-9(7-18-10)13-4-3-8(14)12-11(13)15/h1,3-4,9-10H,5-7H2,(H,12,14,15)/t9-,10+/m1/s1. The van der Waals surface area contributed by atoms with Crippen molar-refractivity contribution in [3.8, 4) is 12.3 Å². The fourth-order valence-corrected chi connectivity index (χ4v) is 2.56. The first-order valence-electron chi connectivity index (χ1n) is 5.30. The van der Waals surface area contributed by atoms with Gasteiger partial charge in [-0.15, -0.1) is 18.2 Å². The van der Waals surface area contributed by atoms with Crippen LogP contribution in [0.1, 0.15) is 6.23 Å². The predicted octanol–water partition coefficient (Wildman–Crippen LogP) is -0.225. The highest BCUT2D eigenvalue weighted by Gasteiger charge is 2.27. The van der Waals surface area contributed by atoms with Gasteiger partial charge in [0, 0.05) is 18.0 Å². The minimum atomic E-state index is -0.474. The highest BCUT2D eigenvalue weighted by atomic mass is 32.2. The molecule has 0 aromatic carbocycles. The monoisotopic (exact) mass is 268 g/mol. The van der Waals surface area contributed by atoms with Gasteiger partial charge in [-0.3, -0.25) is 14.3 Å². The van der Waals surface area contributed by atoms with E-state index in [1.165, 1.54) is 16.8 Å². The quantitative estimate of drug-likeness (QED) is 0.603.